The van der Waals surface area contributed by atoms with E-state index in [1.807, 2.05) is 11.0 Å². The van der Waals surface area contributed by atoms with Crippen LogP contribution in [0.5, 0.6) is 0 Å². The molecule has 1 N–H and O–H groups in total. The number of nitrogens with zero attached hydrogens (tertiary/aromatic N) is 5. The number of likely N-dealkylation sites (tertiary alicyclic amines) is 1. The van der Waals surface area contributed by atoms with E-state index in [1.54, 1.807) is 6.07 Å². The lowest BCUT2D eigenvalue weighted by atomic mass is 9.63. The van der Waals surface area contributed by atoms with Crippen LogP contribution >= 0.6 is 0 Å². The summed E-state index contributed by atoms with van der Waals surface area (Å²) in [5.41, 5.74) is 2.16. The molecule has 5 fully saturated rings. The van der Waals surface area contributed by atoms with Gasteiger partial charge in [0.2, 0.25) is 5.91 Å². The number of benzene rings is 1. The van der Waals surface area contributed by atoms with Crippen LogP contribution in [0.2, 0.25) is 0 Å². The monoisotopic (exact) mass is 660 g/mol. The molecule has 262 valence electrons. The molecule has 6 aliphatic rings. The largest absolute Gasteiger partial charge is 0.348 e. The SMILES string of the molecule is C=CC(=O)N1CCN(C2C3CC[C@@]4(CCc5c(F)cccc54)CC3NC(OC[C@H]3CCCN3C)N2C2CCCCCCC2)C[C@H]1CC#N. The van der Waals surface area contributed by atoms with Crippen LogP contribution in [0.4, 0.5) is 4.39 Å². The zero-order chi connectivity index (χ0) is 33.3. The predicted molar refractivity (Wildman–Crippen MR) is 185 cm³/mol. The van der Waals surface area contributed by atoms with Gasteiger partial charge in [-0.25, -0.2) is 9.29 Å². The average molecular weight is 661 g/mol. The number of hydrogen-bond donors (Lipinski definition) is 1. The molecule has 3 aliphatic heterocycles. The molecule has 4 unspecified atom stereocenters. The molecule has 2 saturated carbocycles. The fourth-order valence-electron chi connectivity index (χ4n) is 10.7. The molecule has 9 heteroatoms. The zero-order valence-electron chi connectivity index (χ0n) is 29.1. The Labute approximate surface area is 287 Å². The Morgan fingerprint density at radius 2 is 1.90 bits per heavy atom. The number of carbonyl (C=O) groups excluding carboxylic acids is 1. The van der Waals surface area contributed by atoms with Gasteiger partial charge in [0.05, 0.1) is 31.3 Å². The summed E-state index contributed by atoms with van der Waals surface area (Å²) in [4.78, 5) is 22.6. The Kier molecular flexibility index (Phi) is 10.6. The van der Waals surface area contributed by atoms with Gasteiger partial charge in [0, 0.05) is 43.7 Å². The number of hydrogen-bond acceptors (Lipinski definition) is 7. The lowest BCUT2D eigenvalue weighted by molar-refractivity contribution is -0.216. The van der Waals surface area contributed by atoms with Crippen molar-refractivity contribution in [1.82, 2.24) is 24.9 Å². The molecule has 7 atom stereocenters. The fraction of sp³-hybridized carbons (Fsp3) is 0.744. The predicted octanol–water partition coefficient (Wildman–Crippen LogP) is 5.53. The Hall–Kier alpha value is -2.35. The van der Waals surface area contributed by atoms with Gasteiger partial charge in [-0.15, -0.1) is 0 Å². The molecular weight excluding hydrogens is 603 g/mol. The molecule has 0 radical (unpaired) electrons. The molecule has 1 spiro atoms. The number of fused-ring (bicyclic) bond motifs is 3. The van der Waals surface area contributed by atoms with Gasteiger partial charge in [0.15, 0.2) is 6.35 Å². The minimum absolute atomic E-state index is 0.00675. The first-order chi connectivity index (χ1) is 23.4. The van der Waals surface area contributed by atoms with E-state index >= 15 is 4.39 Å². The minimum atomic E-state index is -0.208. The van der Waals surface area contributed by atoms with Crippen molar-refractivity contribution in [2.45, 2.75) is 138 Å². The van der Waals surface area contributed by atoms with E-state index < -0.39 is 0 Å². The molecule has 1 aromatic carbocycles. The van der Waals surface area contributed by atoms with Crippen LogP contribution in [0.3, 0.4) is 0 Å². The van der Waals surface area contributed by atoms with Crippen LogP contribution < -0.4 is 5.32 Å². The summed E-state index contributed by atoms with van der Waals surface area (Å²) < 4.78 is 22.1. The van der Waals surface area contributed by atoms with E-state index in [2.05, 4.69) is 45.8 Å². The number of nitrogens with one attached hydrogen (secondary N) is 1. The molecule has 3 heterocycles. The molecular formula is C39H57FN6O2. The van der Waals surface area contributed by atoms with E-state index in [0.29, 0.717) is 44.1 Å². The number of piperazine rings is 1. The third-order valence-electron chi connectivity index (χ3n) is 13.2. The lowest BCUT2D eigenvalue weighted by Gasteiger charge is -2.60. The summed E-state index contributed by atoms with van der Waals surface area (Å²) in [6.07, 6.45) is 17.7. The van der Waals surface area contributed by atoms with Gasteiger partial charge in [-0.1, -0.05) is 50.8 Å². The highest BCUT2D eigenvalue weighted by molar-refractivity contribution is 5.87. The Bertz CT molecular complexity index is 1340. The molecule has 0 aromatic heterocycles. The van der Waals surface area contributed by atoms with Crippen molar-refractivity contribution >= 4 is 5.91 Å². The Morgan fingerprint density at radius 1 is 1.08 bits per heavy atom. The zero-order valence-corrected chi connectivity index (χ0v) is 29.1. The normalized spacial score (nSPS) is 35.5. The van der Waals surface area contributed by atoms with Crippen LogP contribution in [0.1, 0.15) is 101 Å². The Morgan fingerprint density at radius 3 is 2.65 bits per heavy atom. The van der Waals surface area contributed by atoms with E-state index in [4.69, 9.17) is 4.74 Å². The van der Waals surface area contributed by atoms with Crippen LogP contribution in [-0.4, -0.2) is 102 Å². The first-order valence-electron chi connectivity index (χ1n) is 19.1. The summed E-state index contributed by atoms with van der Waals surface area (Å²) in [5, 5.41) is 14.0. The van der Waals surface area contributed by atoms with Crippen molar-refractivity contribution in [2.24, 2.45) is 5.92 Å². The van der Waals surface area contributed by atoms with Crippen molar-refractivity contribution in [3.05, 3.63) is 47.8 Å². The summed E-state index contributed by atoms with van der Waals surface area (Å²) in [7, 11) is 2.22. The number of rotatable bonds is 7. The van der Waals surface area contributed by atoms with E-state index in [1.165, 1.54) is 69.4 Å². The maximum Gasteiger partial charge on any atom is 0.246 e. The van der Waals surface area contributed by atoms with Crippen LogP contribution in [-0.2, 0) is 21.4 Å². The summed E-state index contributed by atoms with van der Waals surface area (Å²) in [5.74, 6) is 0.245. The number of ether oxygens (including phenoxy) is 1. The van der Waals surface area contributed by atoms with Gasteiger partial charge >= 0.3 is 0 Å². The van der Waals surface area contributed by atoms with Gasteiger partial charge in [-0.05, 0) is 100 Å². The molecule has 7 rings (SSSR count). The van der Waals surface area contributed by atoms with Crippen molar-refractivity contribution in [3.63, 3.8) is 0 Å². The number of carbonyl (C=O) groups is 1. The second kappa shape index (κ2) is 14.9. The maximum atomic E-state index is 15.0. The first-order valence-corrected chi connectivity index (χ1v) is 19.1. The molecule has 48 heavy (non-hydrogen) atoms. The maximum absolute atomic E-state index is 15.0. The van der Waals surface area contributed by atoms with Crippen molar-refractivity contribution in [2.75, 3.05) is 39.8 Å². The summed E-state index contributed by atoms with van der Waals surface area (Å²) in [6.45, 7) is 7.65. The second-order valence-corrected chi connectivity index (χ2v) is 15.8. The summed E-state index contributed by atoms with van der Waals surface area (Å²) >= 11 is 0. The minimum Gasteiger partial charge on any atom is -0.348 e. The van der Waals surface area contributed by atoms with E-state index in [9.17, 15) is 10.1 Å². The number of likely N-dealkylation sites (N-methyl/N-ethyl adjacent to an activating group) is 1. The number of halogens is 1. The quantitative estimate of drug-likeness (QED) is 0.386. The van der Waals surface area contributed by atoms with Gasteiger partial charge in [-0.2, -0.15) is 5.26 Å². The third kappa shape index (κ3) is 6.60. The topological polar surface area (TPSA) is 75.1 Å². The fourth-order valence-corrected chi connectivity index (χ4v) is 10.7. The van der Waals surface area contributed by atoms with E-state index in [-0.39, 0.29) is 41.7 Å². The molecule has 0 bridgehead atoms. The van der Waals surface area contributed by atoms with Crippen LogP contribution in [0.25, 0.3) is 0 Å². The van der Waals surface area contributed by atoms with Gasteiger partial charge < -0.3 is 14.5 Å². The molecule has 8 nitrogen and oxygen atoms in total. The standard InChI is InChI=1S/C39H57FN6O2/c1-3-36(47)45-24-23-44(26-29(45)18-21-41)37-32-17-20-39(19-16-31-33(39)14-9-15-34(31)40)25-35(32)42-38(48-27-30-13-10-22-43(30)2)46(37)28-11-7-5-4-6-8-12-28/h3,9,14-15,28-30,32,35,37-38,42H,1,4-8,10-13,16-20,22-27H2,2H3/t29-,30-,32?,35?,37?,38?,39+/m1/s1. The van der Waals surface area contributed by atoms with Gasteiger partial charge in [0.25, 0.3) is 0 Å². The number of nitriles is 1. The third-order valence-corrected chi connectivity index (χ3v) is 13.2. The van der Waals surface area contributed by atoms with Crippen molar-refractivity contribution in [1.29, 1.82) is 5.26 Å². The molecule has 3 saturated heterocycles. The second-order valence-electron chi connectivity index (χ2n) is 15.8. The number of amides is 1. The highest BCUT2D eigenvalue weighted by Gasteiger charge is 2.55. The van der Waals surface area contributed by atoms with Gasteiger partial charge in [-0.3, -0.25) is 15.0 Å². The highest BCUT2D eigenvalue weighted by atomic mass is 19.1. The smallest absolute Gasteiger partial charge is 0.246 e. The highest BCUT2D eigenvalue weighted by Crippen LogP contribution is 2.53. The molecule has 1 amide bonds. The van der Waals surface area contributed by atoms with E-state index in [0.717, 1.165) is 50.8 Å². The average Bonchev–Trinajstić information content (AvgIpc) is 3.66. The van der Waals surface area contributed by atoms with Crippen LogP contribution in [0.15, 0.2) is 30.9 Å². The van der Waals surface area contributed by atoms with Crippen LogP contribution in [0, 0.1) is 23.1 Å². The Balaban J connectivity index is 1.24. The first kappa shape index (κ1) is 34.1. The summed E-state index contributed by atoms with van der Waals surface area (Å²) in [6, 6.07) is 9.03. The van der Waals surface area contributed by atoms with Gasteiger partial charge in [0.1, 0.15) is 5.82 Å². The lowest BCUT2D eigenvalue weighted by Crippen LogP contribution is -2.75. The molecule has 3 aliphatic carbocycles. The van der Waals surface area contributed by atoms with Crippen molar-refractivity contribution in [3.8, 4) is 6.07 Å². The van der Waals surface area contributed by atoms with Crippen molar-refractivity contribution < 1.29 is 13.9 Å². The molecule has 1 aromatic rings.